The lowest BCUT2D eigenvalue weighted by atomic mass is 10.0. The van der Waals surface area contributed by atoms with E-state index in [0.29, 0.717) is 0 Å². The first kappa shape index (κ1) is 22.0. The number of hydrogen-bond donors (Lipinski definition) is 2. The van der Waals surface area contributed by atoms with Crippen LogP contribution in [-0.4, -0.2) is 39.8 Å². The van der Waals surface area contributed by atoms with Crippen molar-refractivity contribution in [1.29, 1.82) is 0 Å². The van der Waals surface area contributed by atoms with Crippen LogP contribution in [-0.2, 0) is 17.9 Å². The molecule has 2 N–H and O–H groups in total. The van der Waals surface area contributed by atoms with Crippen molar-refractivity contribution >= 4 is 23.8 Å². The van der Waals surface area contributed by atoms with E-state index >= 15 is 0 Å². The number of benzene rings is 1. The van der Waals surface area contributed by atoms with E-state index in [9.17, 15) is 21.6 Å². The Balaban J connectivity index is 2.03. The van der Waals surface area contributed by atoms with Gasteiger partial charge < -0.3 is 5.32 Å². The second-order valence-corrected chi connectivity index (χ2v) is 12.1. The molecule has 152 valence electrons. The Morgan fingerprint density at radius 1 is 1.04 bits per heavy atom. The Labute approximate surface area is 164 Å². The van der Waals surface area contributed by atoms with Gasteiger partial charge in [0.2, 0.25) is 0 Å². The number of pyridine rings is 1. The van der Waals surface area contributed by atoms with Crippen LogP contribution < -0.4 is 10.0 Å². The highest BCUT2D eigenvalue weighted by atomic mass is 33.2. The van der Waals surface area contributed by atoms with Gasteiger partial charge >= 0.3 is 9.06 Å². The SMILES string of the molecule is Cc1ccc(S(=O)(=O)S(=O)(=O)NC(C)(C)CCNC(=O)c2ccccn2)cc1. The molecule has 0 saturated carbocycles. The molecule has 28 heavy (non-hydrogen) atoms. The van der Waals surface area contributed by atoms with Crippen molar-refractivity contribution in [1.82, 2.24) is 15.0 Å². The fraction of sp³-hybridized carbons (Fsp3) is 0.333. The van der Waals surface area contributed by atoms with Crippen LogP contribution in [0.1, 0.15) is 36.3 Å². The summed E-state index contributed by atoms with van der Waals surface area (Å²) < 4.78 is 52.1. The first-order chi connectivity index (χ1) is 12.9. The highest BCUT2D eigenvalue weighted by Crippen LogP contribution is 2.20. The highest BCUT2D eigenvalue weighted by Gasteiger charge is 2.36. The van der Waals surface area contributed by atoms with Crippen molar-refractivity contribution in [3.63, 3.8) is 0 Å². The fourth-order valence-corrected chi connectivity index (χ4v) is 6.06. The van der Waals surface area contributed by atoms with Crippen LogP contribution in [0.3, 0.4) is 0 Å². The number of hydrogen-bond acceptors (Lipinski definition) is 6. The minimum Gasteiger partial charge on any atom is -0.351 e. The fourth-order valence-electron chi connectivity index (χ4n) is 2.35. The number of nitrogens with zero attached hydrogens (tertiary/aromatic N) is 1. The van der Waals surface area contributed by atoms with Gasteiger partial charge in [-0.05, 0) is 51.5 Å². The molecule has 0 bridgehead atoms. The number of carbonyl (C=O) groups is 1. The van der Waals surface area contributed by atoms with Gasteiger partial charge in [-0.3, -0.25) is 9.78 Å². The largest absolute Gasteiger partial charge is 0.351 e. The first-order valence-electron chi connectivity index (χ1n) is 8.49. The third-order valence-corrected chi connectivity index (χ3v) is 8.72. The lowest BCUT2D eigenvalue weighted by Crippen LogP contribution is -2.47. The monoisotopic (exact) mass is 425 g/mol. The van der Waals surface area contributed by atoms with Gasteiger partial charge in [-0.2, -0.15) is 13.1 Å². The molecule has 1 aromatic carbocycles. The summed E-state index contributed by atoms with van der Waals surface area (Å²) >= 11 is 0. The Morgan fingerprint density at radius 3 is 2.25 bits per heavy atom. The Kier molecular flexibility index (Phi) is 6.58. The Bertz CT molecular complexity index is 1030. The molecule has 2 aromatic rings. The number of carbonyl (C=O) groups excluding carboxylic acids is 1. The number of aromatic nitrogens is 1. The number of nitrogens with one attached hydrogen (secondary N) is 2. The van der Waals surface area contributed by atoms with Crippen LogP contribution >= 0.6 is 0 Å². The van der Waals surface area contributed by atoms with Gasteiger partial charge in [-0.25, -0.2) is 8.42 Å². The van der Waals surface area contributed by atoms with E-state index in [-0.39, 0.29) is 23.6 Å². The third kappa shape index (κ3) is 5.37. The summed E-state index contributed by atoms with van der Waals surface area (Å²) in [6.07, 6.45) is 1.66. The summed E-state index contributed by atoms with van der Waals surface area (Å²) in [4.78, 5) is 15.6. The second kappa shape index (κ2) is 8.38. The van der Waals surface area contributed by atoms with Crippen molar-refractivity contribution in [2.75, 3.05) is 6.54 Å². The molecule has 0 radical (unpaired) electrons. The smallest absolute Gasteiger partial charge is 0.322 e. The molecule has 0 aliphatic carbocycles. The molecule has 1 heterocycles. The predicted molar refractivity (Wildman–Crippen MR) is 106 cm³/mol. The second-order valence-electron chi connectivity index (χ2n) is 6.93. The maximum absolute atomic E-state index is 12.5. The van der Waals surface area contributed by atoms with E-state index in [1.54, 1.807) is 39.0 Å². The van der Waals surface area contributed by atoms with Gasteiger partial charge in [0.05, 0.1) is 4.90 Å². The molecule has 1 aromatic heterocycles. The summed E-state index contributed by atoms with van der Waals surface area (Å²) in [7, 11) is -9.30. The first-order valence-corrected chi connectivity index (χ1v) is 12.0. The zero-order chi connectivity index (χ0) is 21.0. The maximum Gasteiger partial charge on any atom is 0.322 e. The van der Waals surface area contributed by atoms with Gasteiger partial charge in [0.15, 0.2) is 0 Å². The van der Waals surface area contributed by atoms with Crippen molar-refractivity contribution in [2.45, 2.75) is 37.6 Å². The van der Waals surface area contributed by atoms with E-state index in [4.69, 9.17) is 0 Å². The molecule has 0 unspecified atom stereocenters. The molecule has 10 heteroatoms. The topological polar surface area (TPSA) is 122 Å². The summed E-state index contributed by atoms with van der Waals surface area (Å²) in [6.45, 7) is 4.99. The van der Waals surface area contributed by atoms with Crippen LogP contribution in [0, 0.1) is 6.92 Å². The van der Waals surface area contributed by atoms with Crippen molar-refractivity contribution in [3.05, 3.63) is 59.9 Å². The van der Waals surface area contributed by atoms with Crippen molar-refractivity contribution in [3.8, 4) is 0 Å². The summed E-state index contributed by atoms with van der Waals surface area (Å²) in [5.74, 6) is -0.397. The average molecular weight is 426 g/mol. The lowest BCUT2D eigenvalue weighted by molar-refractivity contribution is 0.0946. The molecule has 8 nitrogen and oxygen atoms in total. The number of aryl methyl sites for hydroxylation is 1. The minimum atomic E-state index is -4.69. The molecule has 0 fully saturated rings. The van der Waals surface area contributed by atoms with Gasteiger partial charge in [-0.1, -0.05) is 23.8 Å². The summed E-state index contributed by atoms with van der Waals surface area (Å²) in [6, 6.07) is 10.5. The maximum atomic E-state index is 12.5. The molecule has 0 aliphatic heterocycles. The van der Waals surface area contributed by atoms with Gasteiger partial charge in [0.1, 0.15) is 5.69 Å². The molecule has 1 amide bonds. The van der Waals surface area contributed by atoms with Crippen LogP contribution in [0.15, 0.2) is 53.6 Å². The molecule has 0 saturated heterocycles. The summed E-state index contributed by atoms with van der Waals surface area (Å²) in [5.41, 5.74) is -0.0512. The van der Waals surface area contributed by atoms with E-state index < -0.39 is 29.4 Å². The van der Waals surface area contributed by atoms with Crippen LogP contribution in [0.5, 0.6) is 0 Å². The molecular weight excluding hydrogens is 402 g/mol. The quantitative estimate of drug-likeness (QED) is 0.620. The zero-order valence-electron chi connectivity index (χ0n) is 15.8. The van der Waals surface area contributed by atoms with Gasteiger partial charge in [0, 0.05) is 18.3 Å². The normalized spacial score (nSPS) is 12.5. The highest BCUT2D eigenvalue weighted by molar-refractivity contribution is 8.66. The van der Waals surface area contributed by atoms with Crippen molar-refractivity contribution < 1.29 is 21.6 Å². The Morgan fingerprint density at radius 2 is 1.68 bits per heavy atom. The predicted octanol–water partition coefficient (Wildman–Crippen LogP) is 1.60. The van der Waals surface area contributed by atoms with Crippen molar-refractivity contribution in [2.24, 2.45) is 0 Å². The van der Waals surface area contributed by atoms with Crippen LogP contribution in [0.2, 0.25) is 0 Å². The molecule has 0 atom stereocenters. The zero-order valence-corrected chi connectivity index (χ0v) is 17.5. The molecule has 0 spiro atoms. The van der Waals surface area contributed by atoms with Crippen LogP contribution in [0.4, 0.5) is 0 Å². The van der Waals surface area contributed by atoms with Gasteiger partial charge in [0.25, 0.3) is 14.8 Å². The molecular formula is C18H23N3O5S2. The molecule has 0 aliphatic rings. The van der Waals surface area contributed by atoms with E-state index in [1.165, 1.54) is 30.5 Å². The van der Waals surface area contributed by atoms with E-state index in [0.717, 1.165) is 5.56 Å². The van der Waals surface area contributed by atoms with Gasteiger partial charge in [-0.15, -0.1) is 0 Å². The lowest BCUT2D eigenvalue weighted by Gasteiger charge is -2.25. The third-order valence-electron chi connectivity index (χ3n) is 3.93. The summed E-state index contributed by atoms with van der Waals surface area (Å²) in [5, 5.41) is 2.63. The van der Waals surface area contributed by atoms with Crippen LogP contribution in [0.25, 0.3) is 0 Å². The molecule has 2 rings (SSSR count). The number of amides is 1. The number of rotatable bonds is 8. The Hall–Kier alpha value is -2.30. The van der Waals surface area contributed by atoms with E-state index in [1.807, 2.05) is 0 Å². The standard InChI is InChI=1S/C18H23N3O5S2/c1-14-7-9-15(10-8-14)27(23,24)28(25,26)21-18(2,3)11-13-20-17(22)16-6-4-5-12-19-16/h4-10,12,21H,11,13H2,1-3H3,(H,20,22). The van der Waals surface area contributed by atoms with E-state index in [2.05, 4.69) is 15.0 Å². The minimum absolute atomic E-state index is 0.134. The average Bonchev–Trinajstić information content (AvgIpc) is 2.61.